The zero-order valence-corrected chi connectivity index (χ0v) is 7.10. The minimum absolute atomic E-state index is 0.0432. The zero-order valence-electron chi connectivity index (χ0n) is 7.10. The largest absolute Gasteiger partial charge is 0.457 e. The molecule has 1 aliphatic heterocycles. The van der Waals surface area contributed by atoms with Crippen molar-refractivity contribution in [3.05, 3.63) is 0 Å². The molecule has 0 aliphatic carbocycles. The van der Waals surface area contributed by atoms with Crippen LogP contribution in [0.3, 0.4) is 0 Å². The van der Waals surface area contributed by atoms with Gasteiger partial charge >= 0.3 is 5.97 Å². The summed E-state index contributed by atoms with van der Waals surface area (Å²) in [6, 6.07) is 0. The third-order valence-corrected chi connectivity index (χ3v) is 1.85. The SMILES string of the molecule is CC(C)(C)C1CC(=N)C(=O)O1. The molecule has 0 radical (unpaired) electrons. The molecule has 0 spiro atoms. The Labute approximate surface area is 66.2 Å². The summed E-state index contributed by atoms with van der Waals surface area (Å²) in [7, 11) is 0. The lowest BCUT2D eigenvalue weighted by Crippen LogP contribution is -2.25. The third kappa shape index (κ3) is 1.59. The molecule has 1 fully saturated rings. The second-order valence-electron chi connectivity index (χ2n) is 3.94. The van der Waals surface area contributed by atoms with Crippen molar-refractivity contribution in [1.82, 2.24) is 0 Å². The van der Waals surface area contributed by atoms with Gasteiger partial charge in [0.2, 0.25) is 0 Å². The lowest BCUT2D eigenvalue weighted by atomic mass is 9.87. The average Bonchev–Trinajstić information content (AvgIpc) is 2.11. The molecule has 0 saturated carbocycles. The molecule has 0 bridgehead atoms. The second-order valence-corrected chi connectivity index (χ2v) is 3.94. The molecule has 0 aromatic heterocycles. The fraction of sp³-hybridized carbons (Fsp3) is 0.750. The molecule has 3 nitrogen and oxygen atoms in total. The number of hydrogen-bond donors (Lipinski definition) is 1. The maximum atomic E-state index is 10.8. The Balaban J connectivity index is 2.68. The maximum Gasteiger partial charge on any atom is 0.352 e. The summed E-state index contributed by atoms with van der Waals surface area (Å²) in [6.07, 6.45) is 0.352. The van der Waals surface area contributed by atoms with E-state index in [9.17, 15) is 4.79 Å². The highest BCUT2D eigenvalue weighted by Gasteiger charge is 2.37. The number of esters is 1. The number of nitrogens with one attached hydrogen (secondary N) is 1. The minimum Gasteiger partial charge on any atom is -0.457 e. The van der Waals surface area contributed by atoms with Crippen LogP contribution in [0.4, 0.5) is 0 Å². The Bertz CT molecular complexity index is 187. The molecule has 62 valence electrons. The first-order valence-corrected chi connectivity index (χ1v) is 3.69. The Morgan fingerprint density at radius 1 is 1.55 bits per heavy atom. The Morgan fingerprint density at radius 2 is 2.09 bits per heavy atom. The molecule has 0 aromatic rings. The number of ether oxygens (including phenoxy) is 1. The van der Waals surface area contributed by atoms with Gasteiger partial charge in [0, 0.05) is 6.42 Å². The fourth-order valence-corrected chi connectivity index (χ4v) is 0.994. The first-order chi connectivity index (χ1) is 4.91. The smallest absolute Gasteiger partial charge is 0.352 e. The molecule has 3 heteroatoms. The van der Waals surface area contributed by atoms with E-state index in [4.69, 9.17) is 10.1 Å². The van der Waals surface area contributed by atoms with Crippen LogP contribution in [-0.2, 0) is 9.53 Å². The van der Waals surface area contributed by atoms with E-state index in [0.29, 0.717) is 6.42 Å². The van der Waals surface area contributed by atoms with Crippen molar-refractivity contribution < 1.29 is 9.53 Å². The number of carbonyl (C=O) groups is 1. The van der Waals surface area contributed by atoms with Gasteiger partial charge < -0.3 is 4.74 Å². The van der Waals surface area contributed by atoms with Gasteiger partial charge in [0.1, 0.15) is 11.8 Å². The summed E-state index contributed by atoms with van der Waals surface area (Å²) in [5, 5.41) is 7.19. The molecule has 1 aliphatic rings. The highest BCUT2D eigenvalue weighted by molar-refractivity contribution is 6.36. The number of rotatable bonds is 0. The van der Waals surface area contributed by atoms with E-state index < -0.39 is 5.97 Å². The average molecular weight is 155 g/mol. The van der Waals surface area contributed by atoms with Gasteiger partial charge in [-0.2, -0.15) is 0 Å². The van der Waals surface area contributed by atoms with Crippen molar-refractivity contribution in [2.45, 2.75) is 33.3 Å². The van der Waals surface area contributed by atoms with Crippen molar-refractivity contribution in [3.8, 4) is 0 Å². The van der Waals surface area contributed by atoms with Gasteiger partial charge in [0.15, 0.2) is 0 Å². The Morgan fingerprint density at radius 3 is 2.27 bits per heavy atom. The lowest BCUT2D eigenvalue weighted by Gasteiger charge is -2.24. The zero-order chi connectivity index (χ0) is 8.65. The summed E-state index contributed by atoms with van der Waals surface area (Å²) in [6.45, 7) is 6.01. The molecule has 1 unspecified atom stereocenters. The fourth-order valence-electron chi connectivity index (χ4n) is 0.994. The maximum absolute atomic E-state index is 10.8. The van der Waals surface area contributed by atoms with Crippen molar-refractivity contribution in [2.75, 3.05) is 0 Å². The van der Waals surface area contributed by atoms with Crippen LogP contribution < -0.4 is 0 Å². The third-order valence-electron chi connectivity index (χ3n) is 1.85. The predicted molar refractivity (Wildman–Crippen MR) is 41.7 cm³/mol. The predicted octanol–water partition coefficient (Wildman–Crippen LogP) is 1.37. The second kappa shape index (κ2) is 2.32. The molecule has 0 amide bonds. The van der Waals surface area contributed by atoms with Gasteiger partial charge in [-0.25, -0.2) is 4.79 Å². The molecule has 1 atom stereocenters. The van der Waals surface area contributed by atoms with E-state index >= 15 is 0 Å². The Hall–Kier alpha value is -0.860. The molecule has 1 heterocycles. The van der Waals surface area contributed by atoms with E-state index in [0.717, 1.165) is 0 Å². The molecule has 1 N–H and O–H groups in total. The van der Waals surface area contributed by atoms with Crippen LogP contribution in [0, 0.1) is 10.8 Å². The first kappa shape index (κ1) is 8.24. The number of cyclic esters (lactones) is 1. The van der Waals surface area contributed by atoms with Crippen LogP contribution in [0.5, 0.6) is 0 Å². The summed E-state index contributed by atoms with van der Waals surface area (Å²) < 4.78 is 4.97. The van der Waals surface area contributed by atoms with Crippen LogP contribution in [-0.4, -0.2) is 17.8 Å². The van der Waals surface area contributed by atoms with Crippen molar-refractivity contribution in [2.24, 2.45) is 5.41 Å². The van der Waals surface area contributed by atoms with Gasteiger partial charge in [0.05, 0.1) is 0 Å². The van der Waals surface area contributed by atoms with Crippen molar-refractivity contribution >= 4 is 11.7 Å². The van der Waals surface area contributed by atoms with Crippen LogP contribution in [0.25, 0.3) is 0 Å². The monoisotopic (exact) mass is 155 g/mol. The van der Waals surface area contributed by atoms with Crippen molar-refractivity contribution in [1.29, 1.82) is 5.41 Å². The normalized spacial score (nSPS) is 25.5. The van der Waals surface area contributed by atoms with E-state index in [1.807, 2.05) is 20.8 Å². The molecule has 11 heavy (non-hydrogen) atoms. The van der Waals surface area contributed by atoms with Gasteiger partial charge in [-0.15, -0.1) is 0 Å². The quantitative estimate of drug-likeness (QED) is 0.537. The van der Waals surface area contributed by atoms with Crippen LogP contribution >= 0.6 is 0 Å². The van der Waals surface area contributed by atoms with Crippen LogP contribution in [0.2, 0.25) is 0 Å². The molecular formula is C8H13NO2. The van der Waals surface area contributed by atoms with Gasteiger partial charge in [0.25, 0.3) is 0 Å². The van der Waals surface area contributed by atoms with Gasteiger partial charge in [-0.3, -0.25) is 5.41 Å². The van der Waals surface area contributed by atoms with E-state index in [1.165, 1.54) is 0 Å². The Kier molecular flexibility index (Phi) is 1.74. The first-order valence-electron chi connectivity index (χ1n) is 3.69. The molecule has 1 rings (SSSR count). The minimum atomic E-state index is -0.454. The molecule has 0 aromatic carbocycles. The molecular weight excluding hydrogens is 142 g/mol. The van der Waals surface area contributed by atoms with E-state index in [-0.39, 0.29) is 17.2 Å². The molecule has 1 saturated heterocycles. The topological polar surface area (TPSA) is 50.2 Å². The summed E-state index contributed by atoms with van der Waals surface area (Å²) in [5.41, 5.74) is 0.0586. The van der Waals surface area contributed by atoms with Gasteiger partial charge in [-0.05, 0) is 5.41 Å². The van der Waals surface area contributed by atoms with Crippen LogP contribution in [0.15, 0.2) is 0 Å². The summed E-state index contributed by atoms with van der Waals surface area (Å²) in [5.74, 6) is -0.454. The highest BCUT2D eigenvalue weighted by atomic mass is 16.6. The number of hydrogen-bond acceptors (Lipinski definition) is 3. The van der Waals surface area contributed by atoms with Crippen molar-refractivity contribution in [3.63, 3.8) is 0 Å². The van der Waals surface area contributed by atoms with Gasteiger partial charge in [-0.1, -0.05) is 20.8 Å². The van der Waals surface area contributed by atoms with Crippen LogP contribution in [0.1, 0.15) is 27.2 Å². The van der Waals surface area contributed by atoms with E-state index in [2.05, 4.69) is 0 Å². The standard InChI is InChI=1S/C8H13NO2/c1-8(2,3)6-4-5(9)7(10)11-6/h6,9H,4H2,1-3H3. The summed E-state index contributed by atoms with van der Waals surface area (Å²) in [4.78, 5) is 10.8. The number of carbonyl (C=O) groups excluding carboxylic acids is 1. The lowest BCUT2D eigenvalue weighted by molar-refractivity contribution is -0.141. The van der Waals surface area contributed by atoms with E-state index in [1.54, 1.807) is 0 Å². The highest BCUT2D eigenvalue weighted by Crippen LogP contribution is 2.29. The summed E-state index contributed by atoms with van der Waals surface area (Å²) >= 11 is 0.